The quantitative estimate of drug-likeness (QED) is 0.592. The predicted molar refractivity (Wildman–Crippen MR) is 120 cm³/mol. The van der Waals surface area contributed by atoms with Gasteiger partial charge >= 0.3 is 5.91 Å². The van der Waals surface area contributed by atoms with Gasteiger partial charge in [0.1, 0.15) is 11.5 Å². The molecule has 4 rings (SSSR count). The summed E-state index contributed by atoms with van der Waals surface area (Å²) >= 11 is 0. The summed E-state index contributed by atoms with van der Waals surface area (Å²) in [4.78, 5) is 25.6. The van der Waals surface area contributed by atoms with Crippen LogP contribution in [0.25, 0.3) is 5.57 Å². The van der Waals surface area contributed by atoms with Crippen LogP contribution >= 0.6 is 0 Å². The Morgan fingerprint density at radius 1 is 1.20 bits per heavy atom. The Morgan fingerprint density at radius 3 is 2.70 bits per heavy atom. The molecular formula is C25H26N2O3. The van der Waals surface area contributed by atoms with Crippen molar-refractivity contribution in [2.24, 2.45) is 11.1 Å². The molecule has 0 saturated heterocycles. The fraction of sp³-hybridized carbons (Fsp3) is 0.320. The normalized spacial score (nSPS) is 19.7. The van der Waals surface area contributed by atoms with Gasteiger partial charge in [-0.05, 0) is 56.4 Å². The van der Waals surface area contributed by atoms with Crippen molar-refractivity contribution in [2.45, 2.75) is 33.6 Å². The minimum atomic E-state index is -0.722. The first-order valence-corrected chi connectivity index (χ1v) is 10.6. The van der Waals surface area contributed by atoms with Crippen molar-refractivity contribution in [1.82, 2.24) is 0 Å². The van der Waals surface area contributed by atoms with Crippen LogP contribution in [-0.4, -0.2) is 19.0 Å². The average molecular weight is 402 g/mol. The molecular weight excluding hydrogens is 376 g/mol. The van der Waals surface area contributed by atoms with Gasteiger partial charge in [-0.1, -0.05) is 31.2 Å². The first kappa shape index (κ1) is 20.1. The Kier molecular flexibility index (Phi) is 5.53. The minimum absolute atomic E-state index is 0.256. The van der Waals surface area contributed by atoms with Crippen LogP contribution in [0.2, 0.25) is 0 Å². The second-order valence-corrected chi connectivity index (χ2v) is 7.70. The van der Waals surface area contributed by atoms with E-state index in [9.17, 15) is 9.70 Å². The number of carbonyl (C=O) groups is 1. The highest BCUT2D eigenvalue weighted by atomic mass is 16.5. The first-order chi connectivity index (χ1) is 14.6. The molecule has 5 heteroatoms. The molecule has 5 nitrogen and oxygen atoms in total. The van der Waals surface area contributed by atoms with Crippen LogP contribution in [-0.2, 0) is 4.79 Å². The van der Waals surface area contributed by atoms with E-state index in [4.69, 9.17) is 4.74 Å². The minimum Gasteiger partial charge on any atom is -0.456 e. The molecule has 0 saturated carbocycles. The van der Waals surface area contributed by atoms with Crippen LogP contribution in [0.15, 0.2) is 76.2 Å². The molecule has 1 amide bonds. The van der Waals surface area contributed by atoms with Gasteiger partial charge in [-0.3, -0.25) is 4.79 Å². The lowest BCUT2D eigenvalue weighted by molar-refractivity contribution is -0.114. The molecule has 0 spiro atoms. The molecule has 1 atom stereocenters. The van der Waals surface area contributed by atoms with Crippen LogP contribution in [0.1, 0.15) is 39.2 Å². The average Bonchev–Trinajstić information content (AvgIpc) is 2.77. The Labute approximate surface area is 177 Å². The third-order valence-corrected chi connectivity index (χ3v) is 5.83. The van der Waals surface area contributed by atoms with Gasteiger partial charge in [0.05, 0.1) is 0 Å². The maximum absolute atomic E-state index is 12.3. The molecule has 0 aromatic heterocycles. The molecule has 3 aliphatic rings. The van der Waals surface area contributed by atoms with Gasteiger partial charge in [0, 0.05) is 52.3 Å². The van der Waals surface area contributed by atoms with Gasteiger partial charge < -0.3 is 9.64 Å². The molecule has 0 bridgehead atoms. The van der Waals surface area contributed by atoms with E-state index >= 15 is 0 Å². The zero-order chi connectivity index (χ0) is 21.3. The summed E-state index contributed by atoms with van der Waals surface area (Å²) in [6.07, 6.45) is 11.7. The number of hydrogen-bond acceptors (Lipinski definition) is 4. The maximum Gasteiger partial charge on any atom is 0.317 e. The van der Waals surface area contributed by atoms with E-state index in [1.54, 1.807) is 0 Å². The molecule has 30 heavy (non-hydrogen) atoms. The highest BCUT2D eigenvalue weighted by molar-refractivity contribution is 6.07. The zero-order valence-electron chi connectivity index (χ0n) is 17.6. The number of allylic oxidation sites excluding steroid dienone is 6. The van der Waals surface area contributed by atoms with E-state index in [0.29, 0.717) is 5.57 Å². The maximum atomic E-state index is 12.3. The predicted octanol–water partition coefficient (Wildman–Crippen LogP) is 5.71. The van der Waals surface area contributed by atoms with Crippen LogP contribution in [0, 0.1) is 10.8 Å². The van der Waals surface area contributed by atoms with E-state index < -0.39 is 5.91 Å². The van der Waals surface area contributed by atoms with Gasteiger partial charge in [-0.25, -0.2) is 0 Å². The topological polar surface area (TPSA) is 59.0 Å². The SMILES string of the molecule is CCN(CC)c1ccc2c(c1)OC1=CC(C)C=CC1=C2C1=CCCC=C1C(=O)N=O. The molecule has 1 aromatic carbocycles. The first-order valence-electron chi connectivity index (χ1n) is 10.6. The summed E-state index contributed by atoms with van der Waals surface area (Å²) in [5, 5.41) is 2.70. The van der Waals surface area contributed by atoms with Crippen LogP contribution in [0.4, 0.5) is 5.69 Å². The van der Waals surface area contributed by atoms with E-state index in [-0.39, 0.29) is 5.92 Å². The molecule has 154 valence electrons. The molecule has 0 radical (unpaired) electrons. The van der Waals surface area contributed by atoms with Crippen LogP contribution in [0.3, 0.4) is 0 Å². The van der Waals surface area contributed by atoms with Crippen LogP contribution in [0.5, 0.6) is 5.75 Å². The third kappa shape index (κ3) is 3.45. The molecule has 1 aromatic rings. The molecule has 0 fully saturated rings. The summed E-state index contributed by atoms with van der Waals surface area (Å²) in [5.74, 6) is 1.09. The van der Waals surface area contributed by atoms with Gasteiger partial charge in [0.2, 0.25) is 0 Å². The number of nitroso groups, excluding NO2 is 1. The lowest BCUT2D eigenvalue weighted by atomic mass is 9.81. The number of rotatable bonds is 5. The number of benzene rings is 1. The van der Waals surface area contributed by atoms with Gasteiger partial charge in [-0.2, -0.15) is 0 Å². The van der Waals surface area contributed by atoms with Crippen molar-refractivity contribution in [1.29, 1.82) is 0 Å². The van der Waals surface area contributed by atoms with Crippen molar-refractivity contribution in [3.8, 4) is 5.75 Å². The summed E-state index contributed by atoms with van der Waals surface area (Å²) < 4.78 is 6.34. The van der Waals surface area contributed by atoms with Gasteiger partial charge in [0.25, 0.3) is 0 Å². The number of ether oxygens (including phenoxy) is 1. The van der Waals surface area contributed by atoms with Crippen molar-refractivity contribution in [3.05, 3.63) is 81.5 Å². The van der Waals surface area contributed by atoms with Crippen molar-refractivity contribution >= 4 is 17.2 Å². The molecule has 0 N–H and O–H groups in total. The number of anilines is 1. The number of hydrogen-bond donors (Lipinski definition) is 0. The van der Waals surface area contributed by atoms with E-state index in [0.717, 1.165) is 65.4 Å². The van der Waals surface area contributed by atoms with Crippen molar-refractivity contribution in [3.63, 3.8) is 0 Å². The fourth-order valence-electron chi connectivity index (χ4n) is 4.31. The number of carbonyl (C=O) groups excluding carboxylic acids is 1. The monoisotopic (exact) mass is 402 g/mol. The van der Waals surface area contributed by atoms with Gasteiger partial charge in [-0.15, -0.1) is 4.91 Å². The summed E-state index contributed by atoms with van der Waals surface area (Å²) in [6, 6.07) is 6.21. The lowest BCUT2D eigenvalue weighted by Gasteiger charge is -2.31. The van der Waals surface area contributed by atoms with E-state index in [1.807, 2.05) is 12.2 Å². The Hall–Kier alpha value is -3.21. The number of nitrogens with zero attached hydrogens (tertiary/aromatic N) is 2. The molecule has 1 heterocycles. The van der Waals surface area contributed by atoms with Gasteiger partial charge in [0.15, 0.2) is 0 Å². The fourth-order valence-corrected chi connectivity index (χ4v) is 4.31. The molecule has 2 aliphatic carbocycles. The van der Waals surface area contributed by atoms with Crippen LogP contribution < -0.4 is 9.64 Å². The van der Waals surface area contributed by atoms with E-state index in [1.165, 1.54) is 0 Å². The Balaban J connectivity index is 1.92. The van der Waals surface area contributed by atoms with Crippen molar-refractivity contribution < 1.29 is 9.53 Å². The summed E-state index contributed by atoms with van der Waals surface area (Å²) in [7, 11) is 0. The number of fused-ring (bicyclic) bond motifs is 2. The molecule has 1 unspecified atom stereocenters. The largest absolute Gasteiger partial charge is 0.456 e. The third-order valence-electron chi connectivity index (χ3n) is 5.83. The highest BCUT2D eigenvalue weighted by Gasteiger charge is 2.31. The summed E-state index contributed by atoms with van der Waals surface area (Å²) in [6.45, 7) is 8.18. The second-order valence-electron chi connectivity index (χ2n) is 7.70. The lowest BCUT2D eigenvalue weighted by Crippen LogP contribution is -2.22. The highest BCUT2D eigenvalue weighted by Crippen LogP contribution is 2.47. The standard InChI is InChI=1S/C25H26N2O3/c1-4-27(5-2)17-11-13-21-23(15-17)30-22-14-16(3)10-12-20(22)24(21)18-8-6-7-9-19(18)25(28)26-29/h8-16H,4-7H2,1-3H3. The van der Waals surface area contributed by atoms with E-state index in [2.05, 4.69) is 67.3 Å². The smallest absolute Gasteiger partial charge is 0.317 e. The molecule has 1 aliphatic heterocycles. The zero-order valence-corrected chi connectivity index (χ0v) is 17.6. The van der Waals surface area contributed by atoms with Crippen molar-refractivity contribution in [2.75, 3.05) is 18.0 Å². The Bertz CT molecular complexity index is 1050. The second kappa shape index (κ2) is 8.27. The number of amides is 1. The summed E-state index contributed by atoms with van der Waals surface area (Å²) in [5.41, 5.74) is 5.04. The Morgan fingerprint density at radius 2 is 1.97 bits per heavy atom.